The van der Waals surface area contributed by atoms with Crippen molar-refractivity contribution in [2.45, 2.75) is 0 Å². The third-order valence-corrected chi connectivity index (χ3v) is 5.14. The number of aromatic nitrogens is 2. The lowest BCUT2D eigenvalue weighted by molar-refractivity contribution is 0.859. The number of thioether (sulfide) groups is 1. The molecule has 2 aromatic carbocycles. The van der Waals surface area contributed by atoms with E-state index in [1.807, 2.05) is 30.0 Å². The van der Waals surface area contributed by atoms with Crippen molar-refractivity contribution < 1.29 is 0 Å². The molecule has 118 valence electrons. The van der Waals surface area contributed by atoms with E-state index in [9.17, 15) is 0 Å². The molecule has 0 radical (unpaired) electrons. The Kier molecular flexibility index (Phi) is 3.53. The van der Waals surface area contributed by atoms with E-state index in [-0.39, 0.29) is 0 Å². The zero-order valence-corrected chi connectivity index (χ0v) is 13.6. The summed E-state index contributed by atoms with van der Waals surface area (Å²) in [5.41, 5.74) is 17.1. The summed E-state index contributed by atoms with van der Waals surface area (Å²) in [7, 11) is 0. The third-order valence-electron chi connectivity index (χ3n) is 4.20. The van der Waals surface area contributed by atoms with Crippen molar-refractivity contribution in [2.24, 2.45) is 0 Å². The minimum absolute atomic E-state index is 0.578. The SMILES string of the molecule is Nc1ccc(-c2nc3ccc(N4CCSCC4)cc3[nH]2)cc1N. The zero-order valence-electron chi connectivity index (χ0n) is 12.7. The number of rotatable bonds is 2. The lowest BCUT2D eigenvalue weighted by Gasteiger charge is -2.28. The zero-order chi connectivity index (χ0) is 15.8. The highest BCUT2D eigenvalue weighted by Crippen LogP contribution is 2.28. The summed E-state index contributed by atoms with van der Waals surface area (Å²) >= 11 is 2.02. The number of nitrogen functional groups attached to an aromatic ring is 2. The number of benzene rings is 2. The molecule has 0 unspecified atom stereocenters. The highest BCUT2D eigenvalue weighted by atomic mass is 32.2. The number of imidazole rings is 1. The van der Waals surface area contributed by atoms with Gasteiger partial charge < -0.3 is 21.4 Å². The van der Waals surface area contributed by atoms with E-state index in [4.69, 9.17) is 11.5 Å². The molecule has 1 saturated heterocycles. The predicted octanol–water partition coefficient (Wildman–Crippen LogP) is 2.95. The van der Waals surface area contributed by atoms with Gasteiger partial charge in [-0.1, -0.05) is 0 Å². The summed E-state index contributed by atoms with van der Waals surface area (Å²) in [5, 5.41) is 0. The van der Waals surface area contributed by atoms with Crippen molar-refractivity contribution in [3.05, 3.63) is 36.4 Å². The highest BCUT2D eigenvalue weighted by Gasteiger charge is 2.13. The van der Waals surface area contributed by atoms with Gasteiger partial charge in [0.05, 0.1) is 22.4 Å². The van der Waals surface area contributed by atoms with Crippen LogP contribution >= 0.6 is 11.8 Å². The molecule has 1 aromatic heterocycles. The fourth-order valence-corrected chi connectivity index (χ4v) is 3.78. The standard InChI is InChI=1S/C17H19N5S/c18-13-3-1-11(9-14(13)19)17-20-15-4-2-12(10-16(15)21-17)22-5-7-23-8-6-22/h1-4,9-10H,5-8,18-19H2,(H,20,21). The van der Waals surface area contributed by atoms with Gasteiger partial charge in [-0.25, -0.2) is 4.98 Å². The summed E-state index contributed by atoms with van der Waals surface area (Å²) in [4.78, 5) is 10.5. The molecule has 4 rings (SSSR count). The van der Waals surface area contributed by atoms with Crippen molar-refractivity contribution in [1.29, 1.82) is 0 Å². The van der Waals surface area contributed by atoms with Gasteiger partial charge in [0.1, 0.15) is 5.82 Å². The van der Waals surface area contributed by atoms with Crippen LogP contribution in [0.3, 0.4) is 0 Å². The summed E-state index contributed by atoms with van der Waals surface area (Å²) in [5.74, 6) is 3.20. The van der Waals surface area contributed by atoms with Gasteiger partial charge in [-0.3, -0.25) is 0 Å². The summed E-state index contributed by atoms with van der Waals surface area (Å²) in [6.45, 7) is 2.21. The molecule has 2 heterocycles. The van der Waals surface area contributed by atoms with Crippen LogP contribution in [0.15, 0.2) is 36.4 Å². The van der Waals surface area contributed by atoms with Crippen molar-refractivity contribution in [1.82, 2.24) is 9.97 Å². The number of aromatic amines is 1. The van der Waals surface area contributed by atoms with Crippen LogP contribution in [0.5, 0.6) is 0 Å². The topological polar surface area (TPSA) is 84.0 Å². The van der Waals surface area contributed by atoms with Crippen LogP contribution in [0, 0.1) is 0 Å². The van der Waals surface area contributed by atoms with Crippen LogP contribution in [-0.4, -0.2) is 34.6 Å². The van der Waals surface area contributed by atoms with Gasteiger partial charge in [0.25, 0.3) is 0 Å². The second-order valence-electron chi connectivity index (χ2n) is 5.73. The maximum Gasteiger partial charge on any atom is 0.138 e. The molecular weight excluding hydrogens is 306 g/mol. The fourth-order valence-electron chi connectivity index (χ4n) is 2.87. The number of H-pyrrole nitrogens is 1. The van der Waals surface area contributed by atoms with Gasteiger partial charge in [0.2, 0.25) is 0 Å². The first kappa shape index (κ1) is 14.3. The lowest BCUT2D eigenvalue weighted by Crippen LogP contribution is -2.32. The van der Waals surface area contributed by atoms with Crippen molar-refractivity contribution in [2.75, 3.05) is 41.0 Å². The third kappa shape index (κ3) is 2.70. The molecular formula is C17H19N5S. The van der Waals surface area contributed by atoms with Crippen LogP contribution in [-0.2, 0) is 0 Å². The van der Waals surface area contributed by atoms with E-state index in [0.29, 0.717) is 11.4 Å². The molecule has 0 aliphatic carbocycles. The first-order valence-corrected chi connectivity index (χ1v) is 8.84. The van der Waals surface area contributed by atoms with Gasteiger partial charge in [-0.2, -0.15) is 11.8 Å². The van der Waals surface area contributed by atoms with Gasteiger partial charge >= 0.3 is 0 Å². The van der Waals surface area contributed by atoms with E-state index in [1.54, 1.807) is 0 Å². The van der Waals surface area contributed by atoms with E-state index >= 15 is 0 Å². The molecule has 0 amide bonds. The summed E-state index contributed by atoms with van der Waals surface area (Å²) < 4.78 is 0. The first-order chi connectivity index (χ1) is 11.2. The fraction of sp³-hybridized carbons (Fsp3) is 0.235. The summed E-state index contributed by atoms with van der Waals surface area (Å²) in [6.07, 6.45) is 0. The number of fused-ring (bicyclic) bond motifs is 1. The van der Waals surface area contributed by atoms with Gasteiger partial charge in [-0.15, -0.1) is 0 Å². The Morgan fingerprint density at radius 1 is 1.00 bits per heavy atom. The molecule has 1 aliphatic rings. The number of hydrogen-bond acceptors (Lipinski definition) is 5. The number of anilines is 3. The van der Waals surface area contributed by atoms with Crippen LogP contribution in [0.4, 0.5) is 17.1 Å². The molecule has 0 atom stereocenters. The second-order valence-corrected chi connectivity index (χ2v) is 6.95. The maximum atomic E-state index is 5.90. The molecule has 1 aliphatic heterocycles. The lowest BCUT2D eigenvalue weighted by atomic mass is 10.1. The van der Waals surface area contributed by atoms with E-state index in [2.05, 4.69) is 33.1 Å². The molecule has 23 heavy (non-hydrogen) atoms. The molecule has 1 fully saturated rings. The monoisotopic (exact) mass is 325 g/mol. The maximum absolute atomic E-state index is 5.90. The Morgan fingerprint density at radius 3 is 2.61 bits per heavy atom. The second kappa shape index (κ2) is 5.70. The Labute approximate surface area is 139 Å². The highest BCUT2D eigenvalue weighted by molar-refractivity contribution is 7.99. The van der Waals surface area contributed by atoms with E-state index in [0.717, 1.165) is 35.5 Å². The molecule has 0 saturated carbocycles. The molecule has 5 N–H and O–H groups in total. The number of nitrogens with one attached hydrogen (secondary N) is 1. The van der Waals surface area contributed by atoms with Crippen molar-refractivity contribution in [3.63, 3.8) is 0 Å². The molecule has 5 nitrogen and oxygen atoms in total. The largest absolute Gasteiger partial charge is 0.397 e. The van der Waals surface area contributed by atoms with Crippen LogP contribution in [0.2, 0.25) is 0 Å². The minimum Gasteiger partial charge on any atom is -0.397 e. The minimum atomic E-state index is 0.578. The normalized spacial score (nSPS) is 15.2. The average molecular weight is 325 g/mol. The van der Waals surface area contributed by atoms with Crippen LogP contribution in [0.1, 0.15) is 0 Å². The van der Waals surface area contributed by atoms with Gasteiger partial charge in [0, 0.05) is 35.8 Å². The molecule has 6 heteroatoms. The molecule has 0 spiro atoms. The van der Waals surface area contributed by atoms with Gasteiger partial charge in [0.15, 0.2) is 0 Å². The Balaban J connectivity index is 1.71. The number of hydrogen-bond donors (Lipinski definition) is 3. The number of nitrogens with zero attached hydrogens (tertiary/aromatic N) is 2. The summed E-state index contributed by atoms with van der Waals surface area (Å²) in [6, 6.07) is 12.0. The smallest absolute Gasteiger partial charge is 0.138 e. The average Bonchev–Trinajstić information content (AvgIpc) is 3.01. The Morgan fingerprint density at radius 2 is 1.83 bits per heavy atom. The first-order valence-electron chi connectivity index (χ1n) is 7.68. The van der Waals surface area contributed by atoms with Crippen LogP contribution < -0.4 is 16.4 Å². The molecule has 3 aromatic rings. The Bertz CT molecular complexity index is 851. The Hall–Kier alpha value is -2.34. The number of nitrogens with two attached hydrogens (primary N) is 2. The van der Waals surface area contributed by atoms with E-state index < -0.39 is 0 Å². The quantitative estimate of drug-likeness (QED) is 0.631. The predicted molar refractivity (Wildman–Crippen MR) is 99.9 cm³/mol. The van der Waals surface area contributed by atoms with Crippen molar-refractivity contribution >= 4 is 39.9 Å². The van der Waals surface area contributed by atoms with Crippen molar-refractivity contribution in [3.8, 4) is 11.4 Å². The molecule has 0 bridgehead atoms. The van der Waals surface area contributed by atoms with Crippen LogP contribution in [0.25, 0.3) is 22.4 Å². The van der Waals surface area contributed by atoms with E-state index in [1.165, 1.54) is 17.2 Å². The van der Waals surface area contributed by atoms with Gasteiger partial charge in [-0.05, 0) is 36.4 Å².